The third-order valence-corrected chi connectivity index (χ3v) is 3.86. The Morgan fingerprint density at radius 3 is 2.50 bits per heavy atom. The number of hydrogen-bond donors (Lipinski definition) is 1. The van der Waals surface area contributed by atoms with Gasteiger partial charge in [-0.1, -0.05) is 48.5 Å². The minimum Gasteiger partial charge on any atom is -0.389 e. The molecule has 1 aromatic heterocycles. The van der Waals surface area contributed by atoms with Gasteiger partial charge in [-0.3, -0.25) is 4.79 Å². The summed E-state index contributed by atoms with van der Waals surface area (Å²) in [5.74, 6) is 0. The van der Waals surface area contributed by atoms with Crippen LogP contribution in [0.15, 0.2) is 59.4 Å². The van der Waals surface area contributed by atoms with Gasteiger partial charge in [-0.15, -0.1) is 0 Å². The van der Waals surface area contributed by atoms with E-state index in [0.717, 1.165) is 16.6 Å². The number of aryl methyl sites for hydroxylation is 1. The zero-order valence-electron chi connectivity index (χ0n) is 13.6. The van der Waals surface area contributed by atoms with Crippen molar-refractivity contribution in [1.82, 2.24) is 9.78 Å². The lowest BCUT2D eigenvalue weighted by atomic mass is 10.1. The van der Waals surface area contributed by atoms with Crippen LogP contribution < -0.4 is 5.56 Å². The third-order valence-electron chi connectivity index (χ3n) is 3.86. The van der Waals surface area contributed by atoms with Crippen LogP contribution in [0.4, 0.5) is 0 Å². The Kier molecular flexibility index (Phi) is 5.03. The molecule has 24 heavy (non-hydrogen) atoms. The summed E-state index contributed by atoms with van der Waals surface area (Å²) in [7, 11) is 0. The van der Waals surface area contributed by atoms with Gasteiger partial charge in [0.2, 0.25) is 0 Å². The fraction of sp³-hybridized carbons (Fsp3) is 0.263. The molecule has 0 saturated heterocycles. The van der Waals surface area contributed by atoms with Gasteiger partial charge in [0, 0.05) is 5.39 Å². The first kappa shape index (κ1) is 16.4. The number of ether oxygens (including phenoxy) is 1. The van der Waals surface area contributed by atoms with Crippen molar-refractivity contribution in [1.29, 1.82) is 0 Å². The lowest BCUT2D eigenvalue weighted by Gasteiger charge is -2.14. The van der Waals surface area contributed by atoms with E-state index in [2.05, 4.69) is 5.10 Å². The summed E-state index contributed by atoms with van der Waals surface area (Å²) in [5, 5.41) is 15.9. The summed E-state index contributed by atoms with van der Waals surface area (Å²) in [5.41, 5.74) is 1.61. The Hall–Kier alpha value is -2.50. The highest BCUT2D eigenvalue weighted by atomic mass is 16.5. The SMILES string of the molecule is Cc1nn(CC(O)COCc2ccccc2)c(=O)c2ccccc12. The smallest absolute Gasteiger partial charge is 0.274 e. The average molecular weight is 324 g/mol. The number of benzene rings is 2. The first-order chi connectivity index (χ1) is 11.6. The minimum atomic E-state index is -0.792. The van der Waals surface area contributed by atoms with E-state index in [1.165, 1.54) is 4.68 Å². The molecule has 2 aromatic carbocycles. The highest BCUT2D eigenvalue weighted by Crippen LogP contribution is 2.12. The molecule has 0 saturated carbocycles. The van der Waals surface area contributed by atoms with E-state index in [1.807, 2.05) is 55.5 Å². The first-order valence-corrected chi connectivity index (χ1v) is 7.91. The Balaban J connectivity index is 1.66. The highest BCUT2D eigenvalue weighted by Gasteiger charge is 2.11. The number of aliphatic hydroxyl groups is 1. The molecule has 0 spiro atoms. The molecule has 1 heterocycles. The van der Waals surface area contributed by atoms with Crippen LogP contribution in [0, 0.1) is 6.92 Å². The summed E-state index contributed by atoms with van der Waals surface area (Å²) in [6.07, 6.45) is -0.792. The molecule has 0 aliphatic heterocycles. The molecule has 1 atom stereocenters. The number of aromatic nitrogens is 2. The van der Waals surface area contributed by atoms with Crippen LogP contribution in [0.3, 0.4) is 0 Å². The maximum atomic E-state index is 12.5. The van der Waals surface area contributed by atoms with Crippen LogP contribution in [0.5, 0.6) is 0 Å². The van der Waals surface area contributed by atoms with Gasteiger partial charge in [-0.2, -0.15) is 5.10 Å². The molecule has 5 heteroatoms. The Labute approximate surface area is 140 Å². The fourth-order valence-corrected chi connectivity index (χ4v) is 2.67. The molecule has 1 N–H and O–H groups in total. The number of nitrogens with zero attached hydrogens (tertiary/aromatic N) is 2. The molecule has 0 aliphatic rings. The van der Waals surface area contributed by atoms with Crippen molar-refractivity contribution < 1.29 is 9.84 Å². The van der Waals surface area contributed by atoms with Crippen molar-refractivity contribution in [3.8, 4) is 0 Å². The second-order valence-corrected chi connectivity index (χ2v) is 5.77. The summed E-state index contributed by atoms with van der Waals surface area (Å²) in [4.78, 5) is 12.5. The van der Waals surface area contributed by atoms with E-state index in [-0.39, 0.29) is 18.7 Å². The van der Waals surface area contributed by atoms with Crippen molar-refractivity contribution >= 4 is 10.8 Å². The van der Waals surface area contributed by atoms with Crippen LogP contribution in [-0.4, -0.2) is 27.6 Å². The average Bonchev–Trinajstić information content (AvgIpc) is 2.60. The Morgan fingerprint density at radius 1 is 1.08 bits per heavy atom. The molecule has 124 valence electrons. The normalized spacial score (nSPS) is 12.4. The molecule has 0 bridgehead atoms. The van der Waals surface area contributed by atoms with Crippen LogP contribution in [-0.2, 0) is 17.9 Å². The van der Waals surface area contributed by atoms with E-state index in [4.69, 9.17) is 4.74 Å². The molecule has 3 rings (SSSR count). The van der Waals surface area contributed by atoms with Crippen molar-refractivity contribution in [3.05, 3.63) is 76.2 Å². The topological polar surface area (TPSA) is 64.3 Å². The fourth-order valence-electron chi connectivity index (χ4n) is 2.67. The second kappa shape index (κ2) is 7.38. The van der Waals surface area contributed by atoms with Crippen molar-refractivity contribution in [2.75, 3.05) is 6.61 Å². The third kappa shape index (κ3) is 3.69. The monoisotopic (exact) mass is 324 g/mol. The van der Waals surface area contributed by atoms with Crippen LogP contribution in [0.25, 0.3) is 10.8 Å². The summed E-state index contributed by atoms with van der Waals surface area (Å²) >= 11 is 0. The van der Waals surface area contributed by atoms with Crippen LogP contribution in [0.2, 0.25) is 0 Å². The van der Waals surface area contributed by atoms with Gasteiger partial charge in [-0.25, -0.2) is 4.68 Å². The minimum absolute atomic E-state index is 0.110. The Morgan fingerprint density at radius 2 is 1.75 bits per heavy atom. The van der Waals surface area contributed by atoms with Crippen molar-refractivity contribution in [2.45, 2.75) is 26.2 Å². The zero-order chi connectivity index (χ0) is 16.9. The van der Waals surface area contributed by atoms with Gasteiger partial charge in [0.15, 0.2) is 0 Å². The lowest BCUT2D eigenvalue weighted by Crippen LogP contribution is -2.31. The maximum Gasteiger partial charge on any atom is 0.274 e. The summed E-state index contributed by atoms with van der Waals surface area (Å²) in [6, 6.07) is 17.1. The highest BCUT2D eigenvalue weighted by molar-refractivity contribution is 5.83. The van der Waals surface area contributed by atoms with Gasteiger partial charge in [-0.05, 0) is 18.6 Å². The maximum absolute atomic E-state index is 12.5. The summed E-state index contributed by atoms with van der Waals surface area (Å²) < 4.78 is 6.83. The van der Waals surface area contributed by atoms with E-state index < -0.39 is 6.10 Å². The molecule has 1 unspecified atom stereocenters. The van der Waals surface area contributed by atoms with Crippen molar-refractivity contribution in [2.24, 2.45) is 0 Å². The second-order valence-electron chi connectivity index (χ2n) is 5.77. The largest absolute Gasteiger partial charge is 0.389 e. The van der Waals surface area contributed by atoms with Crippen molar-refractivity contribution in [3.63, 3.8) is 0 Å². The van der Waals surface area contributed by atoms with E-state index in [0.29, 0.717) is 12.0 Å². The molecular formula is C19H20N2O3. The first-order valence-electron chi connectivity index (χ1n) is 7.91. The van der Waals surface area contributed by atoms with Gasteiger partial charge in [0.1, 0.15) is 0 Å². The molecular weight excluding hydrogens is 304 g/mol. The molecule has 3 aromatic rings. The molecule has 5 nitrogen and oxygen atoms in total. The standard InChI is InChI=1S/C19H20N2O3/c1-14-17-9-5-6-10-18(17)19(23)21(20-14)11-16(22)13-24-12-15-7-3-2-4-8-15/h2-10,16,22H,11-13H2,1H3. The van der Waals surface area contributed by atoms with E-state index >= 15 is 0 Å². The predicted octanol–water partition coefficient (Wildman–Crippen LogP) is 2.28. The number of aliphatic hydroxyl groups excluding tert-OH is 1. The van der Waals surface area contributed by atoms with Crippen LogP contribution in [0.1, 0.15) is 11.3 Å². The quantitative estimate of drug-likeness (QED) is 0.755. The molecule has 0 amide bonds. The van der Waals surface area contributed by atoms with Gasteiger partial charge >= 0.3 is 0 Å². The number of rotatable bonds is 6. The molecule has 0 fully saturated rings. The summed E-state index contributed by atoms with van der Waals surface area (Å²) in [6.45, 7) is 2.54. The molecule has 0 aliphatic carbocycles. The number of fused-ring (bicyclic) bond motifs is 1. The van der Waals surface area contributed by atoms with Gasteiger partial charge in [0.25, 0.3) is 5.56 Å². The predicted molar refractivity (Wildman–Crippen MR) is 92.8 cm³/mol. The van der Waals surface area contributed by atoms with E-state index in [9.17, 15) is 9.90 Å². The van der Waals surface area contributed by atoms with Crippen LogP contribution >= 0.6 is 0 Å². The van der Waals surface area contributed by atoms with E-state index in [1.54, 1.807) is 6.07 Å². The zero-order valence-corrected chi connectivity index (χ0v) is 13.6. The van der Waals surface area contributed by atoms with Gasteiger partial charge in [0.05, 0.1) is 36.9 Å². The molecule has 0 radical (unpaired) electrons. The number of hydrogen-bond acceptors (Lipinski definition) is 4. The Bertz CT molecular complexity index is 875. The van der Waals surface area contributed by atoms with Gasteiger partial charge < -0.3 is 9.84 Å². The lowest BCUT2D eigenvalue weighted by molar-refractivity contribution is 0.0180.